The Bertz CT molecular complexity index is 1300. The maximum atomic E-state index is 14.3. The Labute approximate surface area is 223 Å². The number of nitrogens with zero attached hydrogens (tertiary/aromatic N) is 4. The van der Waals surface area contributed by atoms with Gasteiger partial charge in [-0.2, -0.15) is 31.4 Å². The van der Waals surface area contributed by atoms with Crippen LogP contribution >= 0.6 is 11.6 Å². The molecule has 0 bridgehead atoms. The van der Waals surface area contributed by atoms with Crippen molar-refractivity contribution < 1.29 is 30.4 Å². The molecule has 2 aromatic carbocycles. The summed E-state index contributed by atoms with van der Waals surface area (Å²) < 4.78 is 95.0. The van der Waals surface area contributed by atoms with Crippen LogP contribution in [0.4, 0.5) is 33.3 Å². The highest BCUT2D eigenvalue weighted by molar-refractivity contribution is 7.89. The van der Waals surface area contributed by atoms with E-state index in [9.17, 15) is 30.4 Å². The van der Waals surface area contributed by atoms with Gasteiger partial charge >= 0.3 is 12.1 Å². The summed E-state index contributed by atoms with van der Waals surface area (Å²) >= 11 is 6.27. The predicted octanol–water partition coefficient (Wildman–Crippen LogP) is 6.10. The molecule has 2 heterocycles. The van der Waals surface area contributed by atoms with Gasteiger partial charge in [-0.15, -0.1) is 0 Å². The van der Waals surface area contributed by atoms with Gasteiger partial charge in [0.15, 0.2) is 0 Å². The maximum Gasteiger partial charge on any atom is 0.459 e. The van der Waals surface area contributed by atoms with Crippen LogP contribution in [-0.2, 0) is 10.0 Å². The third-order valence-corrected chi connectivity index (χ3v) is 9.35. The molecule has 0 aliphatic carbocycles. The van der Waals surface area contributed by atoms with Crippen LogP contribution in [0.5, 0.6) is 0 Å². The van der Waals surface area contributed by atoms with Gasteiger partial charge in [-0.25, -0.2) is 8.42 Å². The highest BCUT2D eigenvalue weighted by Gasteiger charge is 2.63. The van der Waals surface area contributed by atoms with Crippen molar-refractivity contribution >= 4 is 38.7 Å². The van der Waals surface area contributed by atoms with Crippen molar-refractivity contribution in [3.63, 3.8) is 0 Å². The zero-order valence-electron chi connectivity index (χ0n) is 20.8. The van der Waals surface area contributed by atoms with Crippen LogP contribution in [0.2, 0.25) is 5.02 Å². The topological polar surface area (TPSA) is 56.2 Å². The van der Waals surface area contributed by atoms with Crippen LogP contribution in [-0.4, -0.2) is 62.0 Å². The maximum absolute atomic E-state index is 14.3. The molecule has 1 saturated heterocycles. The number of para-hydroxylation sites is 1. The van der Waals surface area contributed by atoms with Gasteiger partial charge in [-0.05, 0) is 50.1 Å². The lowest BCUT2D eigenvalue weighted by Gasteiger charge is -2.28. The van der Waals surface area contributed by atoms with Crippen molar-refractivity contribution in [1.82, 2.24) is 4.31 Å². The number of hydrazone groups is 1. The Balaban J connectivity index is 1.65. The molecular weight excluding hydrogens is 551 g/mol. The van der Waals surface area contributed by atoms with Gasteiger partial charge < -0.3 is 4.90 Å². The van der Waals surface area contributed by atoms with E-state index in [4.69, 9.17) is 11.6 Å². The zero-order chi connectivity index (χ0) is 27.9. The number of rotatable bonds is 6. The lowest BCUT2D eigenvalue weighted by Crippen LogP contribution is -2.43. The van der Waals surface area contributed by atoms with Gasteiger partial charge in [-0.3, -0.25) is 5.01 Å². The molecule has 13 heteroatoms. The van der Waals surface area contributed by atoms with Crippen LogP contribution in [0.1, 0.15) is 38.3 Å². The first-order chi connectivity index (χ1) is 17.7. The minimum Gasteiger partial charge on any atom is -0.370 e. The predicted molar refractivity (Wildman–Crippen MR) is 139 cm³/mol. The van der Waals surface area contributed by atoms with Gasteiger partial charge in [0.1, 0.15) is 5.71 Å². The third kappa shape index (κ3) is 5.48. The quantitative estimate of drug-likeness (QED) is 0.389. The standard InChI is InChI=1S/C25H28ClF5N4O2S/c1-17(2)38(36,37)34-12-6-11-33(13-14-34)19-8-5-7-18(15-19)22-16-23(24(27,28)25(29,30)31)32-35(22)21-10-4-3-9-20(21)26/h3-5,7-10,15,17,22H,6,11-14,16H2,1-2H3. The second-order valence-corrected chi connectivity index (χ2v) is 12.5. The van der Waals surface area contributed by atoms with Gasteiger partial charge in [0, 0.05) is 38.3 Å². The lowest BCUT2D eigenvalue weighted by molar-refractivity contribution is -0.249. The Hall–Kier alpha value is -2.44. The summed E-state index contributed by atoms with van der Waals surface area (Å²) in [5.41, 5.74) is 0.114. The van der Waals surface area contributed by atoms with E-state index >= 15 is 0 Å². The Morgan fingerprint density at radius 1 is 0.974 bits per heavy atom. The molecule has 4 rings (SSSR count). The average Bonchev–Trinajstić information content (AvgIpc) is 3.14. The molecule has 1 unspecified atom stereocenters. The summed E-state index contributed by atoms with van der Waals surface area (Å²) in [6.07, 6.45) is -5.86. The van der Waals surface area contributed by atoms with Gasteiger partial charge in [0.2, 0.25) is 10.0 Å². The fraction of sp³-hybridized carbons (Fsp3) is 0.480. The van der Waals surface area contributed by atoms with E-state index in [0.717, 1.165) is 5.01 Å². The van der Waals surface area contributed by atoms with Gasteiger partial charge in [0.25, 0.3) is 0 Å². The molecule has 0 N–H and O–H groups in total. The molecule has 208 valence electrons. The first-order valence-corrected chi connectivity index (χ1v) is 14.0. The largest absolute Gasteiger partial charge is 0.459 e. The van der Waals surface area contributed by atoms with Crippen molar-refractivity contribution in [2.75, 3.05) is 36.1 Å². The first kappa shape index (κ1) is 28.6. The molecule has 0 amide bonds. The normalized spacial score (nSPS) is 20.1. The Morgan fingerprint density at radius 2 is 1.68 bits per heavy atom. The highest BCUT2D eigenvalue weighted by atomic mass is 35.5. The molecule has 38 heavy (non-hydrogen) atoms. The molecule has 6 nitrogen and oxygen atoms in total. The molecular formula is C25H28ClF5N4O2S. The molecule has 0 saturated carbocycles. The number of hydrogen-bond donors (Lipinski definition) is 0. The summed E-state index contributed by atoms with van der Waals surface area (Å²) in [6, 6.07) is 12.2. The van der Waals surface area contributed by atoms with Crippen molar-refractivity contribution in [3.8, 4) is 0 Å². The summed E-state index contributed by atoms with van der Waals surface area (Å²) in [4.78, 5) is 1.99. The van der Waals surface area contributed by atoms with Crippen molar-refractivity contribution in [2.24, 2.45) is 5.10 Å². The molecule has 2 aliphatic rings. The van der Waals surface area contributed by atoms with Gasteiger partial charge in [0.05, 0.1) is 22.0 Å². The van der Waals surface area contributed by atoms with Crippen LogP contribution in [0.15, 0.2) is 53.6 Å². The summed E-state index contributed by atoms with van der Waals surface area (Å²) in [6.45, 7) is 4.88. The van der Waals surface area contributed by atoms with Crippen molar-refractivity contribution in [1.29, 1.82) is 0 Å². The van der Waals surface area contributed by atoms with Gasteiger partial charge in [-0.1, -0.05) is 35.9 Å². The van der Waals surface area contributed by atoms with Crippen molar-refractivity contribution in [2.45, 2.75) is 50.1 Å². The first-order valence-electron chi connectivity index (χ1n) is 12.1. The average molecular weight is 579 g/mol. The van der Waals surface area contributed by atoms with E-state index in [1.807, 2.05) is 4.90 Å². The van der Waals surface area contributed by atoms with Crippen LogP contribution in [0.25, 0.3) is 0 Å². The summed E-state index contributed by atoms with van der Waals surface area (Å²) in [5.74, 6) is -5.10. The Morgan fingerprint density at radius 3 is 2.34 bits per heavy atom. The molecule has 1 atom stereocenters. The van der Waals surface area contributed by atoms with E-state index in [1.165, 1.54) is 16.4 Å². The molecule has 0 spiro atoms. The molecule has 2 aromatic rings. The summed E-state index contributed by atoms with van der Waals surface area (Å²) in [7, 11) is -3.41. The second-order valence-electron chi connectivity index (χ2n) is 9.56. The molecule has 0 aromatic heterocycles. The lowest BCUT2D eigenvalue weighted by atomic mass is 9.98. The van der Waals surface area contributed by atoms with E-state index in [2.05, 4.69) is 5.10 Å². The third-order valence-electron chi connectivity index (χ3n) is 6.76. The minimum atomic E-state index is -5.79. The molecule has 2 aliphatic heterocycles. The van der Waals surface area contributed by atoms with Crippen LogP contribution in [0, 0.1) is 0 Å². The summed E-state index contributed by atoms with van der Waals surface area (Å²) in [5, 5.41) is 4.47. The fourth-order valence-electron chi connectivity index (χ4n) is 4.62. The number of anilines is 2. The number of hydrogen-bond acceptors (Lipinski definition) is 5. The zero-order valence-corrected chi connectivity index (χ0v) is 22.4. The van der Waals surface area contributed by atoms with E-state index in [-0.39, 0.29) is 17.3 Å². The highest BCUT2D eigenvalue weighted by Crippen LogP contribution is 2.46. The number of sulfonamides is 1. The molecule has 0 radical (unpaired) electrons. The minimum absolute atomic E-state index is 0.160. The second kappa shape index (κ2) is 10.6. The smallest absolute Gasteiger partial charge is 0.370 e. The number of alkyl halides is 5. The van der Waals surface area contributed by atoms with Crippen molar-refractivity contribution in [3.05, 3.63) is 59.1 Å². The number of halogens is 6. The van der Waals surface area contributed by atoms with E-state index in [1.54, 1.807) is 50.2 Å². The number of benzene rings is 2. The molecule has 1 fully saturated rings. The van der Waals surface area contributed by atoms with E-state index < -0.39 is 45.5 Å². The monoisotopic (exact) mass is 578 g/mol. The Kier molecular flexibility index (Phi) is 7.98. The van der Waals surface area contributed by atoms with E-state index in [0.29, 0.717) is 37.3 Å². The van der Waals surface area contributed by atoms with Crippen LogP contribution in [0.3, 0.4) is 0 Å². The van der Waals surface area contributed by atoms with Crippen LogP contribution < -0.4 is 9.91 Å². The SMILES string of the molecule is CC(C)S(=O)(=O)N1CCCN(c2cccc(C3CC(C(F)(F)C(F)(F)F)=NN3c3ccccc3Cl)c2)CC1. The fourth-order valence-corrected chi connectivity index (χ4v) is 6.15.